The van der Waals surface area contributed by atoms with E-state index >= 15 is 0 Å². The van der Waals surface area contributed by atoms with Gasteiger partial charge in [-0.05, 0) is 18.8 Å². The van der Waals surface area contributed by atoms with Crippen molar-refractivity contribution in [1.29, 1.82) is 0 Å². The average molecular weight is 252 g/mol. The number of carboxylic acid groups (broad SMARTS) is 1. The van der Waals surface area contributed by atoms with Crippen LogP contribution in [-0.4, -0.2) is 24.8 Å². The van der Waals surface area contributed by atoms with Gasteiger partial charge in [0.25, 0.3) is 0 Å². The van der Waals surface area contributed by atoms with E-state index in [1.807, 2.05) is 45.9 Å². The fourth-order valence-electron chi connectivity index (χ4n) is 2.95. The molecule has 3 heteroatoms. The quantitative estimate of drug-likeness (QED) is 0.835. The highest BCUT2D eigenvalue weighted by Gasteiger charge is 2.53. The first-order chi connectivity index (χ1) is 8.27. The van der Waals surface area contributed by atoms with Gasteiger partial charge in [-0.25, -0.2) is 0 Å². The molecule has 0 bridgehead atoms. The maximum absolute atomic E-state index is 11.9. The van der Waals surface area contributed by atoms with E-state index in [1.165, 1.54) is 0 Å². The highest BCUT2D eigenvalue weighted by Crippen LogP contribution is 2.51. The molecule has 102 valence electrons. The lowest BCUT2D eigenvalue weighted by atomic mass is 9.56. The minimum absolute atomic E-state index is 0.0139. The third-order valence-electron chi connectivity index (χ3n) is 4.02. The first-order valence-corrected chi connectivity index (χ1v) is 6.35. The molecule has 0 aromatic heterocycles. The molecule has 0 amide bonds. The molecule has 1 rings (SSSR count). The van der Waals surface area contributed by atoms with Crippen molar-refractivity contribution in [2.24, 2.45) is 16.7 Å². The van der Waals surface area contributed by atoms with Gasteiger partial charge in [0, 0.05) is 19.6 Å². The second-order valence-corrected chi connectivity index (χ2v) is 6.03. The molecule has 0 radical (unpaired) electrons. The Hall–Kier alpha value is -1.09. The summed E-state index contributed by atoms with van der Waals surface area (Å²) in [6.07, 6.45) is 6.46. The van der Waals surface area contributed by atoms with E-state index in [1.54, 1.807) is 7.11 Å². The first kappa shape index (κ1) is 15.0. The van der Waals surface area contributed by atoms with Crippen LogP contribution in [0.3, 0.4) is 0 Å². The topological polar surface area (TPSA) is 46.5 Å². The average Bonchev–Trinajstić information content (AvgIpc) is 2.25. The van der Waals surface area contributed by atoms with Gasteiger partial charge in [-0.3, -0.25) is 4.79 Å². The summed E-state index contributed by atoms with van der Waals surface area (Å²) in [6, 6.07) is 0. The Kier molecular flexibility index (Phi) is 4.38. The van der Waals surface area contributed by atoms with E-state index in [4.69, 9.17) is 4.74 Å². The summed E-state index contributed by atoms with van der Waals surface area (Å²) in [5.74, 6) is -0.764. The summed E-state index contributed by atoms with van der Waals surface area (Å²) in [7, 11) is 1.65. The summed E-state index contributed by atoms with van der Waals surface area (Å²) in [5, 5.41) is 9.79. The second kappa shape index (κ2) is 5.27. The van der Waals surface area contributed by atoms with Crippen molar-refractivity contribution in [3.8, 4) is 0 Å². The van der Waals surface area contributed by atoms with Crippen molar-refractivity contribution >= 4 is 5.97 Å². The van der Waals surface area contributed by atoms with Crippen molar-refractivity contribution in [2.45, 2.75) is 34.1 Å². The number of allylic oxidation sites excluding steroid dienone is 3. The molecular formula is C15H24O3. The number of rotatable bonds is 4. The molecular weight excluding hydrogens is 228 g/mol. The number of ether oxygens (including phenoxy) is 1. The van der Waals surface area contributed by atoms with Gasteiger partial charge in [-0.2, -0.15) is 0 Å². The molecule has 0 aliphatic heterocycles. The lowest BCUT2D eigenvalue weighted by molar-refractivity contribution is -0.156. The Bertz CT molecular complexity index is 374. The van der Waals surface area contributed by atoms with Crippen LogP contribution in [0.15, 0.2) is 23.8 Å². The number of hydrogen-bond acceptors (Lipinski definition) is 2. The van der Waals surface area contributed by atoms with Crippen LogP contribution in [-0.2, 0) is 9.53 Å². The predicted molar refractivity (Wildman–Crippen MR) is 72.4 cm³/mol. The fraction of sp³-hybridized carbons (Fsp3) is 0.667. The number of aliphatic carboxylic acids is 1. The predicted octanol–water partition coefficient (Wildman–Crippen LogP) is 3.27. The molecule has 18 heavy (non-hydrogen) atoms. The lowest BCUT2D eigenvalue weighted by Gasteiger charge is -2.46. The van der Waals surface area contributed by atoms with Crippen molar-refractivity contribution in [3.05, 3.63) is 23.8 Å². The minimum atomic E-state index is -0.857. The summed E-state index contributed by atoms with van der Waals surface area (Å²) in [5.41, 5.74) is -0.0833. The Morgan fingerprint density at radius 3 is 2.56 bits per heavy atom. The normalized spacial score (nSPS) is 28.1. The molecule has 1 aliphatic rings. The lowest BCUT2D eigenvalue weighted by Crippen LogP contribution is -2.49. The molecule has 0 saturated heterocycles. The van der Waals surface area contributed by atoms with Crippen LogP contribution in [0.5, 0.6) is 0 Å². The van der Waals surface area contributed by atoms with E-state index in [0.717, 1.165) is 12.0 Å². The molecule has 1 aliphatic carbocycles. The van der Waals surface area contributed by atoms with Gasteiger partial charge in [-0.15, -0.1) is 0 Å². The van der Waals surface area contributed by atoms with Gasteiger partial charge in [0.1, 0.15) is 0 Å². The molecule has 1 N–H and O–H groups in total. The van der Waals surface area contributed by atoms with E-state index < -0.39 is 11.4 Å². The minimum Gasteiger partial charge on any atom is -0.481 e. The van der Waals surface area contributed by atoms with Gasteiger partial charge in [0.2, 0.25) is 0 Å². The third-order valence-corrected chi connectivity index (χ3v) is 4.02. The SMILES string of the molecule is COCCC1C(C)=CC=CC1(C(=O)O)C(C)(C)C. The Labute approximate surface area is 110 Å². The third kappa shape index (κ3) is 2.37. The zero-order valence-corrected chi connectivity index (χ0v) is 12.0. The zero-order valence-electron chi connectivity index (χ0n) is 12.0. The standard InChI is InChI=1S/C15H24O3/c1-11-7-6-9-15(13(16)17,14(2,3)4)12(11)8-10-18-5/h6-7,9,12H,8,10H2,1-5H3,(H,16,17). The van der Waals surface area contributed by atoms with Crippen LogP contribution in [0.4, 0.5) is 0 Å². The molecule has 0 aromatic rings. The summed E-state index contributed by atoms with van der Waals surface area (Å²) in [4.78, 5) is 11.9. The smallest absolute Gasteiger partial charge is 0.314 e. The number of carboxylic acids is 1. The van der Waals surface area contributed by atoms with E-state index in [9.17, 15) is 9.90 Å². The molecule has 0 aromatic carbocycles. The van der Waals surface area contributed by atoms with Crippen molar-refractivity contribution in [1.82, 2.24) is 0 Å². The maximum atomic E-state index is 11.9. The van der Waals surface area contributed by atoms with Crippen LogP contribution in [0.25, 0.3) is 0 Å². The molecule has 0 saturated carbocycles. The van der Waals surface area contributed by atoms with E-state index in [0.29, 0.717) is 6.61 Å². The molecule has 0 heterocycles. The summed E-state index contributed by atoms with van der Waals surface area (Å²) in [6.45, 7) is 8.56. The monoisotopic (exact) mass is 252 g/mol. The van der Waals surface area contributed by atoms with Crippen molar-refractivity contribution in [3.63, 3.8) is 0 Å². The molecule has 2 unspecified atom stereocenters. The maximum Gasteiger partial charge on any atom is 0.314 e. The number of hydrogen-bond donors (Lipinski definition) is 1. The van der Waals surface area contributed by atoms with Crippen molar-refractivity contribution in [2.75, 3.05) is 13.7 Å². The highest BCUT2D eigenvalue weighted by atomic mass is 16.5. The first-order valence-electron chi connectivity index (χ1n) is 6.35. The van der Waals surface area contributed by atoms with Gasteiger partial charge in [0.05, 0.1) is 5.41 Å². The Morgan fingerprint density at radius 2 is 2.11 bits per heavy atom. The number of carbonyl (C=O) groups is 1. The number of methoxy groups -OCH3 is 1. The van der Waals surface area contributed by atoms with Gasteiger partial charge in [0.15, 0.2) is 0 Å². The van der Waals surface area contributed by atoms with Crippen LogP contribution in [0, 0.1) is 16.7 Å². The van der Waals surface area contributed by atoms with Gasteiger partial charge < -0.3 is 9.84 Å². The molecule has 0 fully saturated rings. The van der Waals surface area contributed by atoms with Crippen LogP contribution < -0.4 is 0 Å². The van der Waals surface area contributed by atoms with Crippen molar-refractivity contribution < 1.29 is 14.6 Å². The largest absolute Gasteiger partial charge is 0.481 e. The molecule has 2 atom stereocenters. The van der Waals surface area contributed by atoms with E-state index in [2.05, 4.69) is 0 Å². The van der Waals surface area contributed by atoms with Gasteiger partial charge in [-0.1, -0.05) is 44.6 Å². The van der Waals surface area contributed by atoms with Crippen LogP contribution in [0.2, 0.25) is 0 Å². The zero-order chi connectivity index (χ0) is 14.0. The van der Waals surface area contributed by atoms with Gasteiger partial charge >= 0.3 is 5.97 Å². The summed E-state index contributed by atoms with van der Waals surface area (Å²) >= 11 is 0. The Balaban J connectivity index is 3.25. The fourth-order valence-corrected chi connectivity index (χ4v) is 2.95. The van der Waals surface area contributed by atoms with Crippen LogP contribution >= 0.6 is 0 Å². The highest BCUT2D eigenvalue weighted by molar-refractivity contribution is 5.80. The second-order valence-electron chi connectivity index (χ2n) is 6.03. The molecule has 0 spiro atoms. The summed E-state index contributed by atoms with van der Waals surface area (Å²) < 4.78 is 5.13. The van der Waals surface area contributed by atoms with Crippen LogP contribution in [0.1, 0.15) is 34.1 Å². The Morgan fingerprint density at radius 1 is 1.50 bits per heavy atom. The molecule has 3 nitrogen and oxygen atoms in total. The van der Waals surface area contributed by atoms with E-state index in [-0.39, 0.29) is 11.3 Å².